The molecule has 1 saturated carbocycles. The van der Waals surface area contributed by atoms with E-state index in [4.69, 9.17) is 27.5 Å². The van der Waals surface area contributed by atoms with Crippen molar-refractivity contribution in [2.75, 3.05) is 12.8 Å². The second-order valence-electron chi connectivity index (χ2n) is 11.3. The third-order valence-electron chi connectivity index (χ3n) is 7.89. The first-order valence-corrected chi connectivity index (χ1v) is 17.5. The lowest BCUT2D eigenvalue weighted by molar-refractivity contribution is -0.140. The van der Waals surface area contributed by atoms with Gasteiger partial charge in [-0.2, -0.15) is 0 Å². The summed E-state index contributed by atoms with van der Waals surface area (Å²) in [5.74, 6) is -0.336. The van der Waals surface area contributed by atoms with Crippen molar-refractivity contribution in [1.82, 2.24) is 14.9 Å². The second kappa shape index (κ2) is 14.8. The van der Waals surface area contributed by atoms with E-state index in [-0.39, 0.29) is 37.9 Å². The van der Waals surface area contributed by atoms with Gasteiger partial charge in [0.15, 0.2) is 0 Å². The standard InChI is InChI=1S/C29H40ClN5O5S2/c1-42(38,39)34-25(12-9-19-5-3-2-4-6-19)29(37)35-16-23(40-17-20-7-10-22(30)11-8-20)14-26(35)28(36)33-15-24-13-21(18-41-24)27(31)32/h7-8,10-11,13,18-19,23,25-26,34H,2-6,9,12,14-17H2,1H3,(H3,31,32)(H,33,36)/t23-,25-,26+/m1/s1. The number of amides is 2. The Morgan fingerprint density at radius 1 is 1.21 bits per heavy atom. The first kappa shape index (κ1) is 32.4. The number of nitrogen functional groups attached to an aromatic ring is 1. The number of sulfonamides is 1. The van der Waals surface area contributed by atoms with Crippen molar-refractivity contribution in [2.24, 2.45) is 11.7 Å². The number of nitrogens with one attached hydrogen (secondary N) is 3. The molecule has 10 nitrogen and oxygen atoms in total. The summed E-state index contributed by atoms with van der Waals surface area (Å²) in [6.45, 7) is 0.676. The molecule has 2 aliphatic rings. The van der Waals surface area contributed by atoms with E-state index in [0.29, 0.717) is 22.9 Å². The van der Waals surface area contributed by atoms with Gasteiger partial charge < -0.3 is 20.7 Å². The highest BCUT2D eigenvalue weighted by Crippen LogP contribution is 2.29. The Hall–Kier alpha value is -2.51. The van der Waals surface area contributed by atoms with Crippen molar-refractivity contribution < 1.29 is 22.7 Å². The Morgan fingerprint density at radius 2 is 1.93 bits per heavy atom. The number of benzene rings is 1. The lowest BCUT2D eigenvalue weighted by Crippen LogP contribution is -2.53. The van der Waals surface area contributed by atoms with E-state index in [1.54, 1.807) is 23.6 Å². The lowest BCUT2D eigenvalue weighted by Gasteiger charge is -2.29. The number of nitrogens with zero attached hydrogens (tertiary/aromatic N) is 1. The molecule has 0 radical (unpaired) electrons. The Kier molecular flexibility index (Phi) is 11.4. The van der Waals surface area contributed by atoms with Crippen LogP contribution in [0.15, 0.2) is 35.7 Å². The molecule has 230 valence electrons. The number of nitrogens with two attached hydrogens (primary N) is 1. The van der Waals surface area contributed by atoms with Crippen LogP contribution in [0, 0.1) is 11.3 Å². The normalized spacial score (nSPS) is 20.4. The molecule has 3 atom stereocenters. The minimum absolute atomic E-state index is 0.0466. The van der Waals surface area contributed by atoms with Gasteiger partial charge in [-0.1, -0.05) is 55.8 Å². The fraction of sp³-hybridized carbons (Fsp3) is 0.552. The molecule has 0 unspecified atom stereocenters. The van der Waals surface area contributed by atoms with Crippen LogP contribution in [0.1, 0.15) is 67.4 Å². The maximum atomic E-state index is 13.9. The number of hydrogen-bond acceptors (Lipinski definition) is 7. The zero-order valence-electron chi connectivity index (χ0n) is 23.8. The smallest absolute Gasteiger partial charge is 0.243 e. The molecule has 2 heterocycles. The highest BCUT2D eigenvalue weighted by atomic mass is 35.5. The number of halogens is 1. The Labute approximate surface area is 256 Å². The minimum Gasteiger partial charge on any atom is -0.384 e. The zero-order chi connectivity index (χ0) is 30.3. The van der Waals surface area contributed by atoms with Crippen molar-refractivity contribution >= 4 is 50.6 Å². The number of thiophene rings is 1. The van der Waals surface area contributed by atoms with Crippen LogP contribution in [0.3, 0.4) is 0 Å². The molecule has 1 aromatic heterocycles. The third kappa shape index (κ3) is 9.50. The van der Waals surface area contributed by atoms with Gasteiger partial charge in [0.25, 0.3) is 0 Å². The highest BCUT2D eigenvalue weighted by Gasteiger charge is 2.42. The molecule has 1 aliphatic heterocycles. The molecule has 2 fully saturated rings. The van der Waals surface area contributed by atoms with E-state index in [9.17, 15) is 18.0 Å². The van der Waals surface area contributed by atoms with Crippen LogP contribution in [0.5, 0.6) is 0 Å². The summed E-state index contributed by atoms with van der Waals surface area (Å²) in [7, 11) is -3.67. The first-order chi connectivity index (χ1) is 20.0. The molecule has 2 aromatic rings. The fourth-order valence-electron chi connectivity index (χ4n) is 5.68. The van der Waals surface area contributed by atoms with Gasteiger partial charge in [0.2, 0.25) is 21.8 Å². The number of likely N-dealkylation sites (tertiary alicyclic amines) is 1. The van der Waals surface area contributed by atoms with E-state index < -0.39 is 34.1 Å². The Bertz CT molecular complexity index is 1340. The molecular formula is C29H40ClN5O5S2. The summed E-state index contributed by atoms with van der Waals surface area (Å²) in [5.41, 5.74) is 7.06. The summed E-state index contributed by atoms with van der Waals surface area (Å²) in [6, 6.07) is 7.24. The highest BCUT2D eigenvalue weighted by molar-refractivity contribution is 7.88. The predicted molar refractivity (Wildman–Crippen MR) is 165 cm³/mol. The van der Waals surface area contributed by atoms with Crippen LogP contribution in [-0.4, -0.2) is 62.0 Å². The summed E-state index contributed by atoms with van der Waals surface area (Å²) < 4.78 is 33.2. The summed E-state index contributed by atoms with van der Waals surface area (Å²) >= 11 is 7.38. The zero-order valence-corrected chi connectivity index (χ0v) is 26.2. The topological polar surface area (TPSA) is 155 Å². The van der Waals surface area contributed by atoms with E-state index in [1.807, 2.05) is 12.1 Å². The van der Waals surface area contributed by atoms with Gasteiger partial charge in [-0.15, -0.1) is 11.3 Å². The van der Waals surface area contributed by atoms with Crippen LogP contribution in [0.2, 0.25) is 5.02 Å². The van der Waals surface area contributed by atoms with Crippen LogP contribution >= 0.6 is 22.9 Å². The molecular weight excluding hydrogens is 598 g/mol. The van der Waals surface area contributed by atoms with E-state index >= 15 is 0 Å². The number of amidine groups is 1. The third-order valence-corrected chi connectivity index (χ3v) is 9.79. The Balaban J connectivity index is 1.48. The van der Waals surface area contributed by atoms with Gasteiger partial charge in [-0.05, 0) is 42.5 Å². The molecule has 5 N–H and O–H groups in total. The average molecular weight is 638 g/mol. The second-order valence-corrected chi connectivity index (χ2v) is 14.5. The summed E-state index contributed by atoms with van der Waals surface area (Å²) in [6.07, 6.45) is 7.74. The number of hydrogen-bond donors (Lipinski definition) is 4. The molecule has 0 spiro atoms. The molecule has 4 rings (SSSR count). The maximum Gasteiger partial charge on any atom is 0.243 e. The quantitative estimate of drug-likeness (QED) is 0.194. The van der Waals surface area contributed by atoms with Crippen LogP contribution in [0.4, 0.5) is 0 Å². The van der Waals surface area contributed by atoms with Gasteiger partial charge in [-0.25, -0.2) is 13.1 Å². The monoisotopic (exact) mass is 637 g/mol. The largest absolute Gasteiger partial charge is 0.384 e. The van der Waals surface area contributed by atoms with Gasteiger partial charge in [0.05, 0.1) is 25.5 Å². The molecule has 0 bridgehead atoms. The first-order valence-electron chi connectivity index (χ1n) is 14.3. The number of ether oxygens (including phenoxy) is 1. The van der Waals surface area contributed by atoms with Gasteiger partial charge in [0, 0.05) is 33.8 Å². The summed E-state index contributed by atoms with van der Waals surface area (Å²) in [5, 5.41) is 12.9. The van der Waals surface area contributed by atoms with Crippen molar-refractivity contribution in [2.45, 2.75) is 82.7 Å². The van der Waals surface area contributed by atoms with Crippen molar-refractivity contribution in [1.29, 1.82) is 5.41 Å². The molecule has 2 amide bonds. The van der Waals surface area contributed by atoms with Crippen LogP contribution < -0.4 is 15.8 Å². The molecule has 1 aliphatic carbocycles. The van der Waals surface area contributed by atoms with Gasteiger partial charge >= 0.3 is 0 Å². The fourth-order valence-corrected chi connectivity index (χ4v) is 7.37. The number of carbonyl (C=O) groups is 2. The van der Waals surface area contributed by atoms with Crippen molar-refractivity contribution in [3.05, 3.63) is 56.7 Å². The number of carbonyl (C=O) groups excluding carboxylic acids is 2. The molecule has 13 heteroatoms. The predicted octanol–water partition coefficient (Wildman–Crippen LogP) is 3.77. The minimum atomic E-state index is -3.67. The molecule has 1 aromatic carbocycles. The maximum absolute atomic E-state index is 13.9. The van der Waals surface area contributed by atoms with E-state index in [1.165, 1.54) is 22.7 Å². The lowest BCUT2D eigenvalue weighted by atomic mass is 9.85. The van der Waals surface area contributed by atoms with Crippen molar-refractivity contribution in [3.8, 4) is 0 Å². The van der Waals surface area contributed by atoms with Gasteiger partial charge in [-0.3, -0.25) is 15.0 Å². The Morgan fingerprint density at radius 3 is 2.57 bits per heavy atom. The number of rotatable bonds is 13. The van der Waals surface area contributed by atoms with Crippen LogP contribution in [0.25, 0.3) is 0 Å². The van der Waals surface area contributed by atoms with E-state index in [2.05, 4.69) is 10.0 Å². The molecule has 1 saturated heterocycles. The average Bonchev–Trinajstić information content (AvgIpc) is 3.61. The van der Waals surface area contributed by atoms with Gasteiger partial charge in [0.1, 0.15) is 17.9 Å². The van der Waals surface area contributed by atoms with Crippen molar-refractivity contribution in [3.63, 3.8) is 0 Å². The summed E-state index contributed by atoms with van der Waals surface area (Å²) in [4.78, 5) is 29.7. The SMILES string of the molecule is CS(=O)(=O)N[C@H](CCC1CCCCC1)C(=O)N1C[C@H](OCc2ccc(Cl)cc2)C[C@H]1C(=O)NCc1cc(C(=N)N)cs1. The van der Waals surface area contributed by atoms with E-state index in [0.717, 1.165) is 48.8 Å². The van der Waals surface area contributed by atoms with Crippen LogP contribution in [-0.2, 0) is 37.5 Å². The molecule has 42 heavy (non-hydrogen) atoms.